The first-order chi connectivity index (χ1) is 12.6. The van der Waals surface area contributed by atoms with Gasteiger partial charge in [-0.25, -0.2) is 0 Å². The molecule has 0 N–H and O–H groups in total. The predicted octanol–water partition coefficient (Wildman–Crippen LogP) is 5.66. The van der Waals surface area contributed by atoms with E-state index in [2.05, 4.69) is 10.1 Å². The van der Waals surface area contributed by atoms with Crippen molar-refractivity contribution in [1.82, 2.24) is 4.98 Å². The van der Waals surface area contributed by atoms with Gasteiger partial charge in [0, 0.05) is 49.4 Å². The summed E-state index contributed by atoms with van der Waals surface area (Å²) in [5.41, 5.74) is 2.54. The fourth-order valence-electron chi connectivity index (χ4n) is 3.16. The highest BCUT2D eigenvalue weighted by Crippen LogP contribution is 2.33. The van der Waals surface area contributed by atoms with Crippen LogP contribution in [0.3, 0.4) is 0 Å². The Kier molecular flexibility index (Phi) is 6.52. The van der Waals surface area contributed by atoms with Crippen LogP contribution >= 0.6 is 23.2 Å². The molecule has 1 fully saturated rings. The summed E-state index contributed by atoms with van der Waals surface area (Å²) in [6, 6.07) is 9.27. The Labute approximate surface area is 164 Å². The van der Waals surface area contributed by atoms with E-state index < -0.39 is 5.79 Å². The van der Waals surface area contributed by atoms with Gasteiger partial charge in [-0.1, -0.05) is 46.9 Å². The molecule has 1 saturated carbocycles. The predicted molar refractivity (Wildman–Crippen MR) is 105 cm³/mol. The molecule has 26 heavy (non-hydrogen) atoms. The van der Waals surface area contributed by atoms with E-state index in [0.717, 1.165) is 42.5 Å². The number of aromatic nitrogens is 1. The lowest BCUT2D eigenvalue weighted by molar-refractivity contribution is -0.239. The Morgan fingerprint density at radius 2 is 2.00 bits per heavy atom. The summed E-state index contributed by atoms with van der Waals surface area (Å²) >= 11 is 12.5. The Morgan fingerprint density at radius 3 is 2.65 bits per heavy atom. The van der Waals surface area contributed by atoms with Gasteiger partial charge in [0.15, 0.2) is 0 Å². The summed E-state index contributed by atoms with van der Waals surface area (Å²) in [6.07, 6.45) is 9.12. The normalized spacial score (nSPS) is 17.1. The Morgan fingerprint density at radius 1 is 1.19 bits per heavy atom. The number of nitrogens with zero attached hydrogens (tertiary/aromatic N) is 2. The molecule has 0 atom stereocenters. The highest BCUT2D eigenvalue weighted by atomic mass is 35.5. The van der Waals surface area contributed by atoms with Gasteiger partial charge in [0.1, 0.15) is 0 Å². The zero-order chi connectivity index (χ0) is 18.4. The molecule has 1 aliphatic carbocycles. The smallest absolute Gasteiger partial charge is 0.236 e. The molecule has 0 bridgehead atoms. The van der Waals surface area contributed by atoms with Gasteiger partial charge in [0.25, 0.3) is 0 Å². The summed E-state index contributed by atoms with van der Waals surface area (Å²) < 4.78 is 5.67. The average molecular weight is 393 g/mol. The molecule has 1 aromatic carbocycles. The molecule has 1 aromatic heterocycles. The monoisotopic (exact) mass is 392 g/mol. The molecule has 2 aromatic rings. The molecular formula is C20H22Cl2N2O2. The van der Waals surface area contributed by atoms with E-state index >= 15 is 0 Å². The first-order valence-corrected chi connectivity index (χ1v) is 9.52. The van der Waals surface area contributed by atoms with E-state index in [-0.39, 0.29) is 0 Å². The summed E-state index contributed by atoms with van der Waals surface area (Å²) in [6.45, 7) is 0. The minimum Gasteiger partial charge on any atom is -0.360 e. The van der Waals surface area contributed by atoms with Crippen molar-refractivity contribution < 1.29 is 9.57 Å². The van der Waals surface area contributed by atoms with Crippen LogP contribution < -0.4 is 0 Å². The second-order valence-electron chi connectivity index (χ2n) is 6.47. The van der Waals surface area contributed by atoms with Gasteiger partial charge in [0.2, 0.25) is 5.79 Å². The zero-order valence-corrected chi connectivity index (χ0v) is 16.3. The summed E-state index contributed by atoms with van der Waals surface area (Å²) in [5.74, 6) is -0.655. The van der Waals surface area contributed by atoms with Gasteiger partial charge in [-0.15, -0.1) is 0 Å². The van der Waals surface area contributed by atoms with Gasteiger partial charge in [-0.3, -0.25) is 4.98 Å². The average Bonchev–Trinajstić information content (AvgIpc) is 2.67. The molecule has 0 saturated heterocycles. The van der Waals surface area contributed by atoms with Crippen molar-refractivity contribution in [2.75, 3.05) is 7.11 Å². The van der Waals surface area contributed by atoms with Gasteiger partial charge in [0.05, 0.1) is 10.7 Å². The summed E-state index contributed by atoms with van der Waals surface area (Å²) in [5, 5.41) is 5.61. The Balaban J connectivity index is 1.91. The second-order valence-corrected chi connectivity index (χ2v) is 7.31. The molecule has 0 radical (unpaired) electrons. The van der Waals surface area contributed by atoms with Crippen molar-refractivity contribution in [2.24, 2.45) is 5.16 Å². The molecule has 0 amide bonds. The number of hydrogen-bond donors (Lipinski definition) is 0. The quantitative estimate of drug-likeness (QED) is 0.361. The fourth-order valence-corrected chi connectivity index (χ4v) is 3.68. The molecule has 1 heterocycles. The van der Waals surface area contributed by atoms with Crippen molar-refractivity contribution >= 4 is 28.9 Å². The van der Waals surface area contributed by atoms with Crippen LogP contribution in [0.25, 0.3) is 0 Å². The second kappa shape index (κ2) is 8.85. The molecule has 138 valence electrons. The first-order valence-electron chi connectivity index (χ1n) is 8.76. The topological polar surface area (TPSA) is 43.7 Å². The van der Waals surface area contributed by atoms with Crippen LogP contribution in [-0.2, 0) is 16.0 Å². The number of oxime groups is 1. The molecule has 1 aliphatic rings. The molecule has 0 aliphatic heterocycles. The molecule has 6 heteroatoms. The first kappa shape index (κ1) is 19.2. The van der Waals surface area contributed by atoms with E-state index in [1.54, 1.807) is 25.4 Å². The van der Waals surface area contributed by atoms with Crippen molar-refractivity contribution in [3.8, 4) is 0 Å². The van der Waals surface area contributed by atoms with E-state index in [0.29, 0.717) is 16.5 Å². The third-order valence-electron chi connectivity index (χ3n) is 4.65. The molecule has 4 nitrogen and oxygen atoms in total. The number of pyridine rings is 1. The molecule has 0 unspecified atom stereocenters. The Bertz CT molecular complexity index is 760. The van der Waals surface area contributed by atoms with E-state index in [9.17, 15) is 0 Å². The maximum atomic E-state index is 6.41. The third kappa shape index (κ3) is 4.76. The lowest BCUT2D eigenvalue weighted by Crippen LogP contribution is -2.36. The van der Waals surface area contributed by atoms with E-state index in [4.69, 9.17) is 32.8 Å². The van der Waals surface area contributed by atoms with Gasteiger partial charge in [-0.05, 0) is 36.6 Å². The number of hydrogen-bond acceptors (Lipinski definition) is 4. The number of ether oxygens (including phenoxy) is 1. The number of halogens is 2. The minimum absolute atomic E-state index is 0.541. The lowest BCUT2D eigenvalue weighted by Gasteiger charge is -2.33. The number of rotatable bonds is 6. The Hall–Kier alpha value is -1.62. The van der Waals surface area contributed by atoms with Crippen LogP contribution in [0.1, 0.15) is 43.2 Å². The van der Waals surface area contributed by atoms with Crippen LogP contribution in [0.5, 0.6) is 0 Å². The molecular weight excluding hydrogens is 371 g/mol. The third-order valence-corrected chi connectivity index (χ3v) is 5.19. The summed E-state index contributed by atoms with van der Waals surface area (Å²) in [4.78, 5) is 10.1. The molecule has 0 spiro atoms. The standard InChI is InChI=1S/C20H22Cl2N2O2/c1-25-20(9-3-2-4-10-20)26-24-19(12-15-6-5-11-23-14-15)17-8-7-16(21)13-18(17)22/h5-8,11,13-14H,2-4,9-10,12H2,1H3/b24-19-. The van der Waals surface area contributed by atoms with Crippen molar-refractivity contribution in [3.63, 3.8) is 0 Å². The van der Waals surface area contributed by atoms with Crippen LogP contribution in [0.2, 0.25) is 10.0 Å². The fraction of sp³-hybridized carbons (Fsp3) is 0.400. The van der Waals surface area contributed by atoms with Gasteiger partial charge in [-0.2, -0.15) is 0 Å². The highest BCUT2D eigenvalue weighted by Gasteiger charge is 2.34. The van der Waals surface area contributed by atoms with E-state index in [1.807, 2.05) is 24.4 Å². The zero-order valence-electron chi connectivity index (χ0n) is 14.8. The van der Waals surface area contributed by atoms with Crippen molar-refractivity contribution in [3.05, 3.63) is 63.9 Å². The van der Waals surface area contributed by atoms with Crippen molar-refractivity contribution in [1.29, 1.82) is 0 Å². The van der Waals surface area contributed by atoms with Crippen LogP contribution in [0, 0.1) is 0 Å². The van der Waals surface area contributed by atoms with Gasteiger partial charge >= 0.3 is 0 Å². The van der Waals surface area contributed by atoms with Crippen LogP contribution in [0.4, 0.5) is 0 Å². The number of benzene rings is 1. The SMILES string of the molecule is COC1(O/N=C(/Cc2cccnc2)c2ccc(Cl)cc2Cl)CCCCC1. The summed E-state index contributed by atoms with van der Waals surface area (Å²) in [7, 11) is 1.68. The van der Waals surface area contributed by atoms with Gasteiger partial charge < -0.3 is 9.57 Å². The van der Waals surface area contributed by atoms with Crippen molar-refractivity contribution in [2.45, 2.75) is 44.3 Å². The maximum absolute atomic E-state index is 6.41. The largest absolute Gasteiger partial charge is 0.360 e. The maximum Gasteiger partial charge on any atom is 0.236 e. The van der Waals surface area contributed by atoms with Crippen LogP contribution in [-0.4, -0.2) is 23.6 Å². The number of methoxy groups -OCH3 is 1. The van der Waals surface area contributed by atoms with Crippen LogP contribution in [0.15, 0.2) is 47.9 Å². The lowest BCUT2D eigenvalue weighted by atomic mass is 9.94. The van der Waals surface area contributed by atoms with E-state index in [1.165, 1.54) is 6.42 Å². The molecule has 3 rings (SSSR count). The highest BCUT2D eigenvalue weighted by molar-refractivity contribution is 6.37. The minimum atomic E-state index is -0.655.